The van der Waals surface area contributed by atoms with Crippen molar-refractivity contribution < 1.29 is 40.6 Å². The Morgan fingerprint density at radius 2 is 1.78 bits per heavy atom. The molecule has 1 atom stereocenters. The van der Waals surface area contributed by atoms with Crippen LogP contribution < -0.4 is 20.5 Å². The van der Waals surface area contributed by atoms with E-state index < -0.39 is 53.5 Å². The molecule has 41 heavy (non-hydrogen) atoms. The molecule has 1 unspecified atom stereocenters. The van der Waals surface area contributed by atoms with Gasteiger partial charge in [-0.15, -0.1) is 0 Å². The Labute approximate surface area is 242 Å². The number of benzene rings is 2. The van der Waals surface area contributed by atoms with E-state index in [1.807, 2.05) is 0 Å². The summed E-state index contributed by atoms with van der Waals surface area (Å²) in [7, 11) is 1.21. The van der Waals surface area contributed by atoms with E-state index in [1.54, 1.807) is 13.8 Å². The summed E-state index contributed by atoms with van der Waals surface area (Å²) >= 11 is 9.85. The lowest BCUT2D eigenvalue weighted by Gasteiger charge is -2.32. The first-order valence-corrected chi connectivity index (χ1v) is 12.7. The van der Waals surface area contributed by atoms with Gasteiger partial charge >= 0.3 is 6.18 Å². The first-order chi connectivity index (χ1) is 19.0. The molecule has 0 saturated carbocycles. The van der Waals surface area contributed by atoms with E-state index >= 15 is 0 Å². The maximum atomic E-state index is 14.6. The van der Waals surface area contributed by atoms with Crippen molar-refractivity contribution in [3.63, 3.8) is 0 Å². The van der Waals surface area contributed by atoms with Gasteiger partial charge in [0.05, 0.1) is 23.5 Å². The molecule has 0 aliphatic carbocycles. The van der Waals surface area contributed by atoms with Crippen LogP contribution in [-0.4, -0.2) is 43.8 Å². The minimum Gasteiger partial charge on any atom is -0.493 e. The number of carbonyl (C=O) groups excluding carboxylic acids is 1. The highest BCUT2D eigenvalue weighted by Gasteiger charge is 2.55. The standard InChI is InChI=1S/C27H26ClF6N3O3S/c1-25(2,35)16-10-19(14-4-6-18(29)17(28)8-14)37-22(11-16)26(41,27(32,33)34)13-36-24(38)15-5-7-20(21(9-15)39-3)40-12-23(30)31/h4-11,23,41H,12-13,35H2,1-3H3,(H,36,38). The summed E-state index contributed by atoms with van der Waals surface area (Å²) in [6, 6.07) is 9.66. The molecule has 222 valence electrons. The number of hydrogen-bond acceptors (Lipinski definition) is 6. The zero-order valence-corrected chi connectivity index (χ0v) is 23.6. The molecule has 0 aliphatic rings. The van der Waals surface area contributed by atoms with Crippen molar-refractivity contribution >= 4 is 30.1 Å². The second-order valence-corrected chi connectivity index (χ2v) is 10.8. The summed E-state index contributed by atoms with van der Waals surface area (Å²) in [6.07, 6.45) is -7.79. The van der Waals surface area contributed by atoms with Crippen LogP contribution >= 0.6 is 24.2 Å². The average Bonchev–Trinajstić information content (AvgIpc) is 2.90. The van der Waals surface area contributed by atoms with E-state index in [0.29, 0.717) is 0 Å². The molecule has 1 heterocycles. The predicted octanol–water partition coefficient (Wildman–Crippen LogP) is 6.50. The van der Waals surface area contributed by atoms with Crippen LogP contribution in [0.5, 0.6) is 11.5 Å². The molecule has 1 amide bonds. The summed E-state index contributed by atoms with van der Waals surface area (Å²) in [5.41, 5.74) is 4.89. The molecule has 3 N–H and O–H groups in total. The van der Waals surface area contributed by atoms with Crippen LogP contribution in [-0.2, 0) is 10.3 Å². The van der Waals surface area contributed by atoms with Gasteiger partial charge in [0.2, 0.25) is 0 Å². The van der Waals surface area contributed by atoms with Crippen LogP contribution in [0.15, 0.2) is 48.5 Å². The van der Waals surface area contributed by atoms with Gasteiger partial charge in [-0.25, -0.2) is 13.2 Å². The highest BCUT2D eigenvalue weighted by atomic mass is 35.5. The van der Waals surface area contributed by atoms with Crippen molar-refractivity contribution in [2.24, 2.45) is 5.73 Å². The normalized spacial score (nSPS) is 13.6. The number of carbonyl (C=O) groups is 1. The molecule has 0 saturated heterocycles. The number of halogens is 7. The summed E-state index contributed by atoms with van der Waals surface area (Å²) in [6.45, 7) is 1.17. The van der Waals surface area contributed by atoms with E-state index in [2.05, 4.69) is 22.9 Å². The number of methoxy groups -OCH3 is 1. The van der Waals surface area contributed by atoms with Crippen molar-refractivity contribution in [1.82, 2.24) is 10.3 Å². The van der Waals surface area contributed by atoms with Gasteiger partial charge in [0.15, 0.2) is 16.2 Å². The SMILES string of the molecule is COc1cc(C(=O)NCC(S)(c2cc(C(C)(C)N)cc(-c3ccc(F)c(Cl)c3)n2)C(F)(F)F)ccc1OCC(F)F. The van der Waals surface area contributed by atoms with Crippen LogP contribution in [0.25, 0.3) is 11.3 Å². The molecule has 3 rings (SSSR count). The first kappa shape index (κ1) is 32.4. The Hall–Kier alpha value is -3.16. The van der Waals surface area contributed by atoms with Gasteiger partial charge in [-0.3, -0.25) is 9.78 Å². The summed E-state index contributed by atoms with van der Waals surface area (Å²) in [4.78, 5) is 17.0. The van der Waals surface area contributed by atoms with Gasteiger partial charge in [-0.2, -0.15) is 25.8 Å². The third kappa shape index (κ3) is 7.57. The minimum atomic E-state index is -5.03. The fourth-order valence-corrected chi connectivity index (χ4v) is 4.02. The number of thiol groups is 1. The van der Waals surface area contributed by atoms with Crippen molar-refractivity contribution in [1.29, 1.82) is 0 Å². The lowest BCUT2D eigenvalue weighted by atomic mass is 9.91. The molecule has 0 bridgehead atoms. The van der Waals surface area contributed by atoms with E-state index in [1.165, 1.54) is 37.4 Å². The molecule has 1 aromatic heterocycles. The molecule has 6 nitrogen and oxygen atoms in total. The second-order valence-electron chi connectivity index (χ2n) is 9.59. The highest BCUT2D eigenvalue weighted by molar-refractivity contribution is 7.81. The number of nitrogens with zero attached hydrogens (tertiary/aromatic N) is 1. The highest BCUT2D eigenvalue weighted by Crippen LogP contribution is 2.45. The number of rotatable bonds is 10. The lowest BCUT2D eigenvalue weighted by Crippen LogP contribution is -2.48. The molecule has 2 aromatic carbocycles. The Morgan fingerprint density at radius 3 is 2.34 bits per heavy atom. The van der Waals surface area contributed by atoms with Crippen LogP contribution in [0.4, 0.5) is 26.3 Å². The number of alkyl halides is 5. The van der Waals surface area contributed by atoms with E-state index in [-0.39, 0.29) is 38.9 Å². The molecule has 3 aromatic rings. The number of aromatic nitrogens is 1. The van der Waals surface area contributed by atoms with Crippen LogP contribution in [0.3, 0.4) is 0 Å². The minimum absolute atomic E-state index is 0.0241. The molecule has 0 aliphatic heterocycles. The smallest absolute Gasteiger partial charge is 0.410 e. The van der Waals surface area contributed by atoms with Gasteiger partial charge in [0, 0.05) is 23.2 Å². The van der Waals surface area contributed by atoms with Crippen molar-refractivity contribution in [2.75, 3.05) is 20.3 Å². The average molecular weight is 622 g/mol. The fraction of sp³-hybridized carbons (Fsp3) is 0.333. The van der Waals surface area contributed by atoms with Gasteiger partial charge in [0.25, 0.3) is 12.3 Å². The monoisotopic (exact) mass is 621 g/mol. The molecule has 0 radical (unpaired) electrons. The number of pyridine rings is 1. The molecular weight excluding hydrogens is 596 g/mol. The van der Waals surface area contributed by atoms with Crippen molar-refractivity contribution in [2.45, 2.75) is 36.7 Å². The van der Waals surface area contributed by atoms with E-state index in [4.69, 9.17) is 26.8 Å². The van der Waals surface area contributed by atoms with Crippen molar-refractivity contribution in [3.05, 3.63) is 76.2 Å². The number of nitrogens with one attached hydrogen (secondary N) is 1. The van der Waals surface area contributed by atoms with Crippen LogP contribution in [0.2, 0.25) is 5.02 Å². The summed E-state index contributed by atoms with van der Waals surface area (Å²) in [5.74, 6) is -1.82. The molecule has 0 fully saturated rings. The maximum absolute atomic E-state index is 14.6. The third-order valence-corrected chi connectivity index (χ3v) is 6.90. The van der Waals surface area contributed by atoms with Crippen LogP contribution in [0.1, 0.15) is 35.5 Å². The number of amides is 1. The zero-order valence-electron chi connectivity index (χ0n) is 22.0. The number of hydrogen-bond donors (Lipinski definition) is 3. The summed E-state index contributed by atoms with van der Waals surface area (Å²) < 4.78 is 89.4. The Morgan fingerprint density at radius 1 is 1.10 bits per heavy atom. The molecule has 14 heteroatoms. The zero-order chi connectivity index (χ0) is 30.8. The molecular formula is C27H26ClF6N3O3S. The lowest BCUT2D eigenvalue weighted by molar-refractivity contribution is -0.160. The van der Waals surface area contributed by atoms with Gasteiger partial charge < -0.3 is 20.5 Å². The van der Waals surface area contributed by atoms with E-state index in [9.17, 15) is 31.1 Å². The Kier molecular flexibility index (Phi) is 9.77. The van der Waals surface area contributed by atoms with Crippen molar-refractivity contribution in [3.8, 4) is 22.8 Å². The van der Waals surface area contributed by atoms with Gasteiger partial charge in [-0.1, -0.05) is 11.6 Å². The topological polar surface area (TPSA) is 86.5 Å². The van der Waals surface area contributed by atoms with E-state index in [0.717, 1.165) is 18.2 Å². The summed E-state index contributed by atoms with van der Waals surface area (Å²) in [5, 5.41) is 1.95. The Balaban J connectivity index is 2.00. The number of nitrogens with two attached hydrogens (primary N) is 1. The van der Waals surface area contributed by atoms with Crippen LogP contribution in [0, 0.1) is 5.82 Å². The predicted molar refractivity (Wildman–Crippen MR) is 145 cm³/mol. The third-order valence-electron chi connectivity index (χ3n) is 5.97. The number of ether oxygens (including phenoxy) is 2. The largest absolute Gasteiger partial charge is 0.493 e. The maximum Gasteiger partial charge on any atom is 0.410 e. The molecule has 0 spiro atoms. The Bertz CT molecular complexity index is 1420. The quantitative estimate of drug-likeness (QED) is 0.178. The fourth-order valence-electron chi connectivity index (χ4n) is 3.64. The second kappa shape index (κ2) is 12.4. The van der Waals surface area contributed by atoms with Gasteiger partial charge in [0.1, 0.15) is 12.4 Å². The van der Waals surface area contributed by atoms with Gasteiger partial charge in [-0.05, 0) is 67.9 Å². The first-order valence-electron chi connectivity index (χ1n) is 11.9.